The third kappa shape index (κ3) is 4.53. The number of piperidine rings is 1. The summed E-state index contributed by atoms with van der Waals surface area (Å²) in [6, 6.07) is 1.70. The second kappa shape index (κ2) is 8.05. The average molecular weight is 403 g/mol. The summed E-state index contributed by atoms with van der Waals surface area (Å²) in [5.74, 6) is 0.536. The summed E-state index contributed by atoms with van der Waals surface area (Å²) >= 11 is 1.81. The SMILES string of the molecule is CC(C)(C)c1cc(=O)n(CC2CCN(Cc3nc4c(s3)COCC4)CC2)cn1. The van der Waals surface area contributed by atoms with E-state index in [0.717, 1.165) is 64.3 Å². The minimum atomic E-state index is -0.0925. The number of hydrogen-bond acceptors (Lipinski definition) is 6. The molecule has 0 unspecified atom stereocenters. The van der Waals surface area contributed by atoms with Crippen molar-refractivity contribution in [3.8, 4) is 0 Å². The first-order valence-electron chi connectivity index (χ1n) is 10.2. The van der Waals surface area contributed by atoms with Crippen LogP contribution < -0.4 is 5.56 Å². The maximum atomic E-state index is 12.5. The fraction of sp³-hybridized carbons (Fsp3) is 0.667. The van der Waals surface area contributed by atoms with Crippen LogP contribution in [0.2, 0.25) is 0 Å². The average Bonchev–Trinajstić information content (AvgIpc) is 3.06. The molecule has 2 aromatic heterocycles. The summed E-state index contributed by atoms with van der Waals surface area (Å²) in [5, 5.41) is 1.21. The van der Waals surface area contributed by atoms with Crippen LogP contribution in [0, 0.1) is 5.92 Å². The molecule has 2 aromatic rings. The number of aromatic nitrogens is 3. The molecule has 0 radical (unpaired) electrons. The smallest absolute Gasteiger partial charge is 0.253 e. The molecule has 28 heavy (non-hydrogen) atoms. The second-order valence-electron chi connectivity index (χ2n) is 9.01. The molecule has 6 nitrogen and oxygen atoms in total. The zero-order valence-corrected chi connectivity index (χ0v) is 17.9. The molecule has 4 rings (SSSR count). The Morgan fingerprint density at radius 3 is 2.75 bits per heavy atom. The molecule has 2 aliphatic rings. The largest absolute Gasteiger partial charge is 0.375 e. The Labute approximate surface area is 170 Å². The molecule has 1 saturated heterocycles. The molecule has 0 aromatic carbocycles. The van der Waals surface area contributed by atoms with Crippen LogP contribution in [-0.4, -0.2) is 39.1 Å². The van der Waals surface area contributed by atoms with Crippen molar-refractivity contribution < 1.29 is 4.74 Å². The van der Waals surface area contributed by atoms with Crippen molar-refractivity contribution in [3.63, 3.8) is 0 Å². The Morgan fingerprint density at radius 1 is 1.29 bits per heavy atom. The lowest BCUT2D eigenvalue weighted by atomic mass is 9.92. The normalized spacial score (nSPS) is 19.0. The number of fused-ring (bicyclic) bond motifs is 1. The molecule has 0 N–H and O–H groups in total. The summed E-state index contributed by atoms with van der Waals surface area (Å²) in [7, 11) is 0. The van der Waals surface area contributed by atoms with Gasteiger partial charge in [0.25, 0.3) is 5.56 Å². The molecule has 0 aliphatic carbocycles. The first kappa shape index (κ1) is 19.7. The van der Waals surface area contributed by atoms with Gasteiger partial charge < -0.3 is 4.74 Å². The van der Waals surface area contributed by atoms with Crippen LogP contribution in [0.1, 0.15) is 54.9 Å². The number of thiazole rings is 1. The van der Waals surface area contributed by atoms with Crippen molar-refractivity contribution in [2.75, 3.05) is 19.7 Å². The summed E-state index contributed by atoms with van der Waals surface area (Å²) in [4.78, 5) is 25.6. The lowest BCUT2D eigenvalue weighted by molar-refractivity contribution is 0.112. The molecule has 1 fully saturated rings. The van der Waals surface area contributed by atoms with E-state index in [4.69, 9.17) is 9.72 Å². The van der Waals surface area contributed by atoms with Crippen LogP contribution in [0.3, 0.4) is 0 Å². The lowest BCUT2D eigenvalue weighted by Crippen LogP contribution is -2.36. The van der Waals surface area contributed by atoms with E-state index in [2.05, 4.69) is 30.7 Å². The number of ether oxygens (including phenoxy) is 1. The fourth-order valence-corrected chi connectivity index (χ4v) is 5.01. The predicted molar refractivity (Wildman–Crippen MR) is 111 cm³/mol. The van der Waals surface area contributed by atoms with E-state index in [1.165, 1.54) is 15.6 Å². The van der Waals surface area contributed by atoms with E-state index in [1.807, 2.05) is 0 Å². The van der Waals surface area contributed by atoms with Crippen LogP contribution in [0.15, 0.2) is 17.2 Å². The van der Waals surface area contributed by atoms with Crippen molar-refractivity contribution in [2.45, 2.75) is 65.1 Å². The van der Waals surface area contributed by atoms with Crippen molar-refractivity contribution in [3.05, 3.63) is 44.0 Å². The highest BCUT2D eigenvalue weighted by molar-refractivity contribution is 7.11. The zero-order valence-electron chi connectivity index (χ0n) is 17.1. The summed E-state index contributed by atoms with van der Waals surface area (Å²) in [6.07, 6.45) is 4.91. The minimum Gasteiger partial charge on any atom is -0.375 e. The van der Waals surface area contributed by atoms with Gasteiger partial charge >= 0.3 is 0 Å². The van der Waals surface area contributed by atoms with Crippen LogP contribution in [0.4, 0.5) is 0 Å². The van der Waals surface area contributed by atoms with E-state index in [1.54, 1.807) is 28.3 Å². The van der Waals surface area contributed by atoms with Crippen molar-refractivity contribution in [2.24, 2.45) is 5.92 Å². The molecule has 152 valence electrons. The molecule has 0 amide bonds. The topological polar surface area (TPSA) is 60.2 Å². The monoisotopic (exact) mass is 402 g/mol. The van der Waals surface area contributed by atoms with E-state index in [0.29, 0.717) is 5.92 Å². The van der Waals surface area contributed by atoms with Crippen LogP contribution in [0.25, 0.3) is 0 Å². The quantitative estimate of drug-likeness (QED) is 0.787. The summed E-state index contributed by atoms with van der Waals surface area (Å²) < 4.78 is 7.31. The van der Waals surface area contributed by atoms with Crippen LogP contribution in [0.5, 0.6) is 0 Å². The second-order valence-corrected chi connectivity index (χ2v) is 10.2. The number of likely N-dealkylation sites (tertiary alicyclic amines) is 1. The zero-order chi connectivity index (χ0) is 19.7. The standard InChI is InChI=1S/C21H30N4O2S/c1-21(2,3)18-10-20(26)25(14-22-18)11-15-4-7-24(8-5-15)12-19-23-16-6-9-27-13-17(16)28-19/h10,14-15H,4-9,11-13H2,1-3H3. The first-order chi connectivity index (χ1) is 13.4. The number of nitrogens with zero attached hydrogens (tertiary/aromatic N) is 4. The molecular weight excluding hydrogens is 372 g/mol. The number of rotatable bonds is 4. The minimum absolute atomic E-state index is 0.0675. The van der Waals surface area contributed by atoms with Gasteiger partial charge in [-0.25, -0.2) is 9.97 Å². The van der Waals surface area contributed by atoms with E-state index >= 15 is 0 Å². The lowest BCUT2D eigenvalue weighted by Gasteiger charge is -2.31. The Bertz CT molecular complexity index is 852. The van der Waals surface area contributed by atoms with E-state index in [9.17, 15) is 4.79 Å². The van der Waals surface area contributed by atoms with Gasteiger partial charge in [-0.1, -0.05) is 20.8 Å². The van der Waals surface area contributed by atoms with E-state index in [-0.39, 0.29) is 11.0 Å². The fourth-order valence-electron chi connectivity index (χ4n) is 3.92. The van der Waals surface area contributed by atoms with Crippen LogP contribution >= 0.6 is 11.3 Å². The predicted octanol–water partition coefficient (Wildman–Crippen LogP) is 2.98. The molecule has 2 aliphatic heterocycles. The number of hydrogen-bond donors (Lipinski definition) is 0. The summed E-state index contributed by atoms with van der Waals surface area (Å²) in [6.45, 7) is 11.6. The third-order valence-corrected chi connectivity index (χ3v) is 6.76. The van der Waals surface area contributed by atoms with Crippen molar-refractivity contribution >= 4 is 11.3 Å². The van der Waals surface area contributed by atoms with Gasteiger partial charge in [-0.2, -0.15) is 0 Å². The van der Waals surface area contributed by atoms with Gasteiger partial charge in [0.05, 0.1) is 42.4 Å². The van der Waals surface area contributed by atoms with Crippen molar-refractivity contribution in [1.82, 2.24) is 19.4 Å². The Balaban J connectivity index is 1.31. The van der Waals surface area contributed by atoms with E-state index < -0.39 is 0 Å². The Hall–Kier alpha value is -1.57. The summed E-state index contributed by atoms with van der Waals surface area (Å²) in [5.41, 5.74) is 2.08. The molecule has 0 bridgehead atoms. The molecular formula is C21H30N4O2S. The van der Waals surface area contributed by atoms with Gasteiger partial charge in [0.2, 0.25) is 0 Å². The van der Waals surface area contributed by atoms with Crippen LogP contribution in [-0.2, 0) is 36.3 Å². The van der Waals surface area contributed by atoms with Gasteiger partial charge in [-0.3, -0.25) is 14.3 Å². The first-order valence-corrected chi connectivity index (χ1v) is 11.0. The van der Waals surface area contributed by atoms with Gasteiger partial charge in [-0.05, 0) is 31.8 Å². The van der Waals surface area contributed by atoms with Gasteiger partial charge in [0.15, 0.2) is 0 Å². The van der Waals surface area contributed by atoms with Gasteiger partial charge in [0.1, 0.15) is 5.01 Å². The van der Waals surface area contributed by atoms with Gasteiger partial charge in [-0.15, -0.1) is 11.3 Å². The van der Waals surface area contributed by atoms with Gasteiger partial charge in [0, 0.05) is 24.4 Å². The highest BCUT2D eigenvalue weighted by atomic mass is 32.1. The molecule has 0 atom stereocenters. The Kier molecular flexibility index (Phi) is 5.67. The third-order valence-electron chi connectivity index (χ3n) is 5.71. The highest BCUT2D eigenvalue weighted by Crippen LogP contribution is 2.26. The molecule has 7 heteroatoms. The maximum absolute atomic E-state index is 12.5. The highest BCUT2D eigenvalue weighted by Gasteiger charge is 2.23. The molecule has 4 heterocycles. The van der Waals surface area contributed by atoms with Crippen molar-refractivity contribution in [1.29, 1.82) is 0 Å². The maximum Gasteiger partial charge on any atom is 0.253 e. The Morgan fingerprint density at radius 2 is 2.07 bits per heavy atom. The molecule has 0 spiro atoms. The molecule has 0 saturated carbocycles.